The van der Waals surface area contributed by atoms with E-state index in [1.165, 1.54) is 43.8 Å². The Kier molecular flexibility index (Phi) is 5.94. The molecule has 0 radical (unpaired) electrons. The zero-order chi connectivity index (χ0) is 27.1. The molecular formula is C38H28N2. The highest BCUT2D eigenvalue weighted by atomic mass is 14.9. The number of fused-ring (bicyclic) bond motifs is 2. The van der Waals surface area contributed by atoms with Gasteiger partial charge in [0.1, 0.15) is 0 Å². The average Bonchev–Trinajstić information content (AvgIpc) is 3.00. The van der Waals surface area contributed by atoms with Gasteiger partial charge < -0.3 is 0 Å². The second-order valence-electron chi connectivity index (χ2n) is 10.4. The number of nitrogens with zero attached hydrogens (tertiary/aromatic N) is 2. The van der Waals surface area contributed by atoms with Crippen molar-refractivity contribution in [3.05, 3.63) is 145 Å². The molecule has 2 heteroatoms. The van der Waals surface area contributed by atoms with E-state index in [1.54, 1.807) is 0 Å². The van der Waals surface area contributed by atoms with Crippen LogP contribution in [0, 0.1) is 13.8 Å². The second kappa shape index (κ2) is 9.91. The topological polar surface area (TPSA) is 25.8 Å². The molecule has 0 spiro atoms. The van der Waals surface area contributed by atoms with E-state index in [1.807, 2.05) is 0 Å². The fourth-order valence-electron chi connectivity index (χ4n) is 5.90. The number of aryl methyl sites for hydroxylation is 2. The van der Waals surface area contributed by atoms with Gasteiger partial charge in [-0.2, -0.15) is 0 Å². The van der Waals surface area contributed by atoms with Gasteiger partial charge in [-0.05, 0) is 75.8 Å². The van der Waals surface area contributed by atoms with Crippen LogP contribution in [0.3, 0.4) is 0 Å². The Hall–Kier alpha value is -5.08. The lowest BCUT2D eigenvalue weighted by atomic mass is 9.93. The van der Waals surface area contributed by atoms with Gasteiger partial charge in [-0.1, -0.05) is 115 Å². The third-order valence-corrected chi connectivity index (χ3v) is 7.71. The summed E-state index contributed by atoms with van der Waals surface area (Å²) in [6, 6.07) is 47.0. The number of rotatable bonds is 4. The maximum Gasteiger partial charge on any atom is 0.160 e. The van der Waals surface area contributed by atoms with Gasteiger partial charge in [-0.15, -0.1) is 0 Å². The lowest BCUT2D eigenvalue weighted by molar-refractivity contribution is 1.18. The van der Waals surface area contributed by atoms with Crippen molar-refractivity contribution < 1.29 is 0 Å². The van der Waals surface area contributed by atoms with Crippen molar-refractivity contribution in [1.82, 2.24) is 9.97 Å². The van der Waals surface area contributed by atoms with Crippen molar-refractivity contribution in [2.45, 2.75) is 13.8 Å². The summed E-state index contributed by atoms with van der Waals surface area (Å²) in [5, 5.41) is 4.77. The Morgan fingerprint density at radius 2 is 0.900 bits per heavy atom. The maximum absolute atomic E-state index is 5.20. The molecule has 0 saturated carbocycles. The molecule has 190 valence electrons. The minimum Gasteiger partial charge on any atom is -0.228 e. The van der Waals surface area contributed by atoms with Crippen molar-refractivity contribution in [3.8, 4) is 45.0 Å². The molecule has 0 N–H and O–H groups in total. The van der Waals surface area contributed by atoms with Crippen LogP contribution < -0.4 is 0 Å². The highest BCUT2D eigenvalue weighted by Gasteiger charge is 2.16. The molecule has 7 rings (SSSR count). The third kappa shape index (κ3) is 4.24. The molecule has 7 aromatic rings. The molecule has 1 heterocycles. The van der Waals surface area contributed by atoms with Crippen molar-refractivity contribution in [1.29, 1.82) is 0 Å². The van der Waals surface area contributed by atoms with E-state index in [0.29, 0.717) is 0 Å². The summed E-state index contributed by atoms with van der Waals surface area (Å²) < 4.78 is 0. The smallest absolute Gasteiger partial charge is 0.160 e. The van der Waals surface area contributed by atoms with E-state index >= 15 is 0 Å². The Morgan fingerprint density at radius 3 is 1.45 bits per heavy atom. The number of hydrogen-bond acceptors (Lipinski definition) is 2. The number of benzene rings is 6. The van der Waals surface area contributed by atoms with Crippen molar-refractivity contribution in [2.75, 3.05) is 0 Å². The van der Waals surface area contributed by atoms with E-state index in [4.69, 9.17) is 9.97 Å². The molecule has 0 unspecified atom stereocenters. The molecule has 0 saturated heterocycles. The SMILES string of the molecule is Cc1cc(-c2nc(-c3cccc4ccccc34)cc(-c3cccc4ccccc34)n2)cc(C)c1-c1ccccc1. The first-order chi connectivity index (χ1) is 19.7. The van der Waals surface area contributed by atoms with E-state index in [0.717, 1.165) is 33.9 Å². The van der Waals surface area contributed by atoms with Crippen LogP contribution in [0.5, 0.6) is 0 Å². The van der Waals surface area contributed by atoms with Crippen LogP contribution in [0.25, 0.3) is 66.6 Å². The summed E-state index contributed by atoms with van der Waals surface area (Å²) in [7, 11) is 0. The summed E-state index contributed by atoms with van der Waals surface area (Å²) >= 11 is 0. The molecule has 0 aliphatic carbocycles. The van der Waals surface area contributed by atoms with Gasteiger partial charge in [0.05, 0.1) is 11.4 Å². The predicted octanol–water partition coefficient (Wildman–Crippen LogP) is 10.1. The minimum atomic E-state index is 0.735. The minimum absolute atomic E-state index is 0.735. The Balaban J connectivity index is 1.48. The molecule has 6 aromatic carbocycles. The van der Waals surface area contributed by atoms with Crippen LogP contribution in [0.15, 0.2) is 133 Å². The normalized spacial score (nSPS) is 11.2. The van der Waals surface area contributed by atoms with Gasteiger partial charge in [-0.25, -0.2) is 9.97 Å². The summed E-state index contributed by atoms with van der Waals surface area (Å²) in [5.41, 5.74) is 10.0. The molecule has 0 aliphatic heterocycles. The standard InChI is InChI=1S/C38H28N2/c1-25-22-30(23-26(2)37(25)29-14-4-3-5-15-29)38-39-35(33-20-10-16-27-12-6-8-18-31(27)33)24-36(40-38)34-21-11-17-28-13-7-9-19-32(28)34/h3-24H,1-2H3. The van der Waals surface area contributed by atoms with Gasteiger partial charge in [-0.3, -0.25) is 0 Å². The number of aromatic nitrogens is 2. The Labute approximate surface area is 234 Å². The van der Waals surface area contributed by atoms with Crippen LogP contribution >= 0.6 is 0 Å². The fraction of sp³-hybridized carbons (Fsp3) is 0.0526. The Morgan fingerprint density at radius 1 is 0.425 bits per heavy atom. The summed E-state index contributed by atoms with van der Waals surface area (Å²) in [4.78, 5) is 10.4. The summed E-state index contributed by atoms with van der Waals surface area (Å²) in [6.45, 7) is 4.36. The largest absolute Gasteiger partial charge is 0.228 e. The van der Waals surface area contributed by atoms with Crippen LogP contribution in [0.4, 0.5) is 0 Å². The highest BCUT2D eigenvalue weighted by molar-refractivity contribution is 5.99. The van der Waals surface area contributed by atoms with Gasteiger partial charge in [0.15, 0.2) is 5.82 Å². The first-order valence-electron chi connectivity index (χ1n) is 13.7. The predicted molar refractivity (Wildman–Crippen MR) is 168 cm³/mol. The summed E-state index contributed by atoms with van der Waals surface area (Å²) in [6.07, 6.45) is 0. The molecule has 0 amide bonds. The van der Waals surface area contributed by atoms with Gasteiger partial charge in [0.25, 0.3) is 0 Å². The fourth-order valence-corrected chi connectivity index (χ4v) is 5.90. The average molecular weight is 513 g/mol. The maximum atomic E-state index is 5.20. The van der Waals surface area contributed by atoms with Crippen LogP contribution in [-0.2, 0) is 0 Å². The number of hydrogen-bond donors (Lipinski definition) is 0. The van der Waals surface area contributed by atoms with Crippen LogP contribution in [-0.4, -0.2) is 9.97 Å². The van der Waals surface area contributed by atoms with E-state index in [2.05, 4.69) is 147 Å². The van der Waals surface area contributed by atoms with Crippen LogP contribution in [0.1, 0.15) is 11.1 Å². The molecule has 40 heavy (non-hydrogen) atoms. The first kappa shape index (κ1) is 24.0. The lowest BCUT2D eigenvalue weighted by Crippen LogP contribution is -1.98. The van der Waals surface area contributed by atoms with Crippen molar-refractivity contribution in [3.63, 3.8) is 0 Å². The molecule has 0 atom stereocenters. The van der Waals surface area contributed by atoms with E-state index in [-0.39, 0.29) is 0 Å². The zero-order valence-electron chi connectivity index (χ0n) is 22.6. The second-order valence-corrected chi connectivity index (χ2v) is 10.4. The molecule has 0 bridgehead atoms. The molecule has 1 aromatic heterocycles. The Bertz CT molecular complexity index is 1890. The quantitative estimate of drug-likeness (QED) is 0.234. The monoisotopic (exact) mass is 512 g/mol. The molecular weight excluding hydrogens is 484 g/mol. The van der Waals surface area contributed by atoms with Gasteiger partial charge in [0, 0.05) is 16.7 Å². The third-order valence-electron chi connectivity index (χ3n) is 7.71. The van der Waals surface area contributed by atoms with Crippen LogP contribution in [0.2, 0.25) is 0 Å². The van der Waals surface area contributed by atoms with Crippen molar-refractivity contribution in [2.24, 2.45) is 0 Å². The van der Waals surface area contributed by atoms with Gasteiger partial charge in [0.2, 0.25) is 0 Å². The highest BCUT2D eigenvalue weighted by Crippen LogP contribution is 2.36. The van der Waals surface area contributed by atoms with E-state index in [9.17, 15) is 0 Å². The molecule has 2 nitrogen and oxygen atoms in total. The first-order valence-corrected chi connectivity index (χ1v) is 13.7. The summed E-state index contributed by atoms with van der Waals surface area (Å²) in [5.74, 6) is 0.735. The van der Waals surface area contributed by atoms with E-state index < -0.39 is 0 Å². The van der Waals surface area contributed by atoms with Crippen molar-refractivity contribution >= 4 is 21.5 Å². The zero-order valence-corrected chi connectivity index (χ0v) is 22.6. The van der Waals surface area contributed by atoms with Gasteiger partial charge >= 0.3 is 0 Å². The lowest BCUT2D eigenvalue weighted by Gasteiger charge is -2.15. The molecule has 0 aliphatic rings. The molecule has 0 fully saturated rings.